The molecule has 32 heavy (non-hydrogen) atoms. The third-order valence-electron chi connectivity index (χ3n) is 4.94. The van der Waals surface area contributed by atoms with Crippen molar-refractivity contribution in [2.24, 2.45) is 0 Å². The number of benzene rings is 2. The molecule has 7 nitrogen and oxygen atoms in total. The number of carbonyl (C=O) groups is 2. The van der Waals surface area contributed by atoms with Gasteiger partial charge < -0.3 is 15.2 Å². The molecule has 0 spiro atoms. The zero-order chi connectivity index (χ0) is 23.1. The van der Waals surface area contributed by atoms with Crippen LogP contribution in [0.2, 0.25) is 0 Å². The maximum atomic E-state index is 12.5. The first-order valence-electron chi connectivity index (χ1n) is 10.3. The van der Waals surface area contributed by atoms with Crippen LogP contribution in [0.1, 0.15) is 22.5 Å². The normalized spacial score (nSPS) is 10.6. The molecule has 2 amide bonds. The van der Waals surface area contributed by atoms with Gasteiger partial charge in [-0.15, -0.1) is 16.8 Å². The smallest absolute Gasteiger partial charge is 0.234 e. The van der Waals surface area contributed by atoms with Crippen LogP contribution in [0.25, 0.3) is 0 Å². The van der Waals surface area contributed by atoms with Gasteiger partial charge in [0.1, 0.15) is 5.82 Å². The molecule has 2 aromatic carbocycles. The van der Waals surface area contributed by atoms with Crippen molar-refractivity contribution < 1.29 is 9.59 Å². The van der Waals surface area contributed by atoms with E-state index in [-0.39, 0.29) is 24.0 Å². The van der Waals surface area contributed by atoms with Crippen LogP contribution >= 0.6 is 11.8 Å². The summed E-state index contributed by atoms with van der Waals surface area (Å²) in [6.45, 7) is 10.2. The van der Waals surface area contributed by atoms with E-state index < -0.39 is 0 Å². The zero-order valence-corrected chi connectivity index (χ0v) is 19.3. The summed E-state index contributed by atoms with van der Waals surface area (Å²) < 4.78 is 1.80. The van der Waals surface area contributed by atoms with Gasteiger partial charge in [-0.05, 0) is 55.7 Å². The quantitative estimate of drug-likeness (QED) is 0.376. The second-order valence-electron chi connectivity index (χ2n) is 7.48. The highest BCUT2D eigenvalue weighted by atomic mass is 32.2. The summed E-state index contributed by atoms with van der Waals surface area (Å²) in [6, 6.07) is 13.4. The molecule has 0 unspecified atom stereocenters. The Kier molecular flexibility index (Phi) is 7.83. The van der Waals surface area contributed by atoms with Crippen LogP contribution in [-0.4, -0.2) is 32.3 Å². The average molecular weight is 450 g/mol. The van der Waals surface area contributed by atoms with Crippen LogP contribution in [0.5, 0.6) is 0 Å². The van der Waals surface area contributed by atoms with Gasteiger partial charge in [-0.25, -0.2) is 0 Å². The van der Waals surface area contributed by atoms with Gasteiger partial charge in [-0.1, -0.05) is 42.1 Å². The lowest BCUT2D eigenvalue weighted by Gasteiger charge is -2.11. The van der Waals surface area contributed by atoms with E-state index in [0.717, 1.165) is 28.1 Å². The van der Waals surface area contributed by atoms with Gasteiger partial charge in [-0.2, -0.15) is 0 Å². The molecule has 0 aliphatic heterocycles. The molecule has 0 fully saturated rings. The molecule has 0 saturated heterocycles. The van der Waals surface area contributed by atoms with E-state index in [2.05, 4.69) is 27.4 Å². The van der Waals surface area contributed by atoms with Crippen LogP contribution in [-0.2, 0) is 22.6 Å². The first-order chi connectivity index (χ1) is 15.4. The van der Waals surface area contributed by atoms with Gasteiger partial charge in [0.2, 0.25) is 11.8 Å². The maximum Gasteiger partial charge on any atom is 0.234 e. The average Bonchev–Trinajstić information content (AvgIpc) is 3.11. The van der Waals surface area contributed by atoms with Crippen molar-refractivity contribution in [1.82, 2.24) is 14.8 Å². The molecule has 2 N–H and O–H groups in total. The topological polar surface area (TPSA) is 88.9 Å². The third-order valence-corrected chi connectivity index (χ3v) is 5.90. The fourth-order valence-corrected chi connectivity index (χ4v) is 3.91. The maximum absolute atomic E-state index is 12.5. The fourth-order valence-electron chi connectivity index (χ4n) is 3.14. The number of nitrogens with one attached hydrogen (secondary N) is 2. The Bertz CT molecular complexity index is 1140. The lowest BCUT2D eigenvalue weighted by Crippen LogP contribution is -2.18. The van der Waals surface area contributed by atoms with E-state index >= 15 is 0 Å². The van der Waals surface area contributed by atoms with Crippen LogP contribution in [0.3, 0.4) is 0 Å². The van der Waals surface area contributed by atoms with Crippen LogP contribution in [0.15, 0.2) is 60.3 Å². The summed E-state index contributed by atoms with van der Waals surface area (Å²) in [7, 11) is 0. The van der Waals surface area contributed by atoms with Crippen molar-refractivity contribution >= 4 is 35.0 Å². The van der Waals surface area contributed by atoms with E-state index in [4.69, 9.17) is 0 Å². The number of thioether (sulfide) groups is 1. The predicted octanol–water partition coefficient (Wildman–Crippen LogP) is 4.30. The number of rotatable bonds is 9. The molecule has 0 aliphatic rings. The lowest BCUT2D eigenvalue weighted by molar-refractivity contribution is -0.116. The molecule has 0 bridgehead atoms. The Morgan fingerprint density at radius 1 is 1.06 bits per heavy atom. The Morgan fingerprint density at radius 2 is 1.84 bits per heavy atom. The minimum absolute atomic E-state index is 0.0734. The molecule has 8 heteroatoms. The molecule has 3 rings (SSSR count). The number of nitrogens with zero attached hydrogens (tertiary/aromatic N) is 3. The number of anilines is 2. The fraction of sp³-hybridized carbons (Fsp3) is 0.250. The molecule has 1 heterocycles. The van der Waals surface area contributed by atoms with Crippen molar-refractivity contribution in [1.29, 1.82) is 0 Å². The summed E-state index contributed by atoms with van der Waals surface area (Å²) in [4.78, 5) is 25.0. The molecule has 0 saturated carbocycles. The van der Waals surface area contributed by atoms with Gasteiger partial charge in [0.05, 0.1) is 12.2 Å². The highest BCUT2D eigenvalue weighted by molar-refractivity contribution is 7.99. The van der Waals surface area contributed by atoms with Crippen molar-refractivity contribution in [3.05, 3.63) is 77.6 Å². The molecule has 1 aromatic heterocycles. The number of hydrogen-bond donors (Lipinski definition) is 2. The number of hydrogen-bond acceptors (Lipinski definition) is 5. The molecule has 3 aromatic rings. The third kappa shape index (κ3) is 6.07. The second kappa shape index (κ2) is 10.8. The summed E-state index contributed by atoms with van der Waals surface area (Å²) in [5.41, 5.74) is 4.77. The molecule has 0 atom stereocenters. The second-order valence-corrected chi connectivity index (χ2v) is 8.42. The Labute approximate surface area is 192 Å². The van der Waals surface area contributed by atoms with Gasteiger partial charge in [0.15, 0.2) is 5.16 Å². The SMILES string of the molecule is C=CCn1c(CC(=O)Nc2cccc(C)c2)nnc1SCC(=O)Nc1cccc(C)c1C. The molecular formula is C24H27N5O2S. The predicted molar refractivity (Wildman–Crippen MR) is 129 cm³/mol. The van der Waals surface area contributed by atoms with Gasteiger partial charge in [0.25, 0.3) is 0 Å². The lowest BCUT2D eigenvalue weighted by atomic mass is 10.1. The van der Waals surface area contributed by atoms with Gasteiger partial charge >= 0.3 is 0 Å². The largest absolute Gasteiger partial charge is 0.326 e. The van der Waals surface area contributed by atoms with E-state index in [1.807, 2.05) is 63.2 Å². The summed E-state index contributed by atoms with van der Waals surface area (Å²) in [5.74, 6) is 0.388. The molecular weight excluding hydrogens is 422 g/mol. The van der Waals surface area contributed by atoms with E-state index in [0.29, 0.717) is 17.5 Å². The van der Waals surface area contributed by atoms with Crippen molar-refractivity contribution in [3.63, 3.8) is 0 Å². The number of allylic oxidation sites excluding steroid dienone is 1. The molecule has 0 aliphatic carbocycles. The minimum Gasteiger partial charge on any atom is -0.326 e. The minimum atomic E-state index is -0.183. The van der Waals surface area contributed by atoms with Gasteiger partial charge in [-0.3, -0.25) is 9.59 Å². The monoisotopic (exact) mass is 449 g/mol. The van der Waals surface area contributed by atoms with Crippen molar-refractivity contribution in [2.45, 2.75) is 38.9 Å². The highest BCUT2D eigenvalue weighted by Crippen LogP contribution is 2.21. The first-order valence-corrected chi connectivity index (χ1v) is 11.2. The van der Waals surface area contributed by atoms with Crippen LogP contribution in [0.4, 0.5) is 11.4 Å². The number of aryl methyl sites for hydroxylation is 2. The Morgan fingerprint density at radius 3 is 2.59 bits per heavy atom. The number of carbonyl (C=O) groups excluding carboxylic acids is 2. The van der Waals surface area contributed by atoms with Crippen LogP contribution in [0, 0.1) is 20.8 Å². The van der Waals surface area contributed by atoms with Gasteiger partial charge in [0, 0.05) is 17.9 Å². The van der Waals surface area contributed by atoms with Crippen molar-refractivity contribution in [3.8, 4) is 0 Å². The van der Waals surface area contributed by atoms with E-state index in [9.17, 15) is 9.59 Å². The zero-order valence-electron chi connectivity index (χ0n) is 18.5. The summed E-state index contributed by atoms with van der Waals surface area (Å²) in [6.07, 6.45) is 1.79. The first kappa shape index (κ1) is 23.3. The standard InChI is InChI=1S/C24H27N5O2S/c1-5-12-29-21(14-22(30)25-19-10-6-8-16(2)13-19)27-28-24(29)32-15-23(31)26-20-11-7-9-17(3)18(20)4/h5-11,13H,1,12,14-15H2,2-4H3,(H,25,30)(H,26,31). The van der Waals surface area contributed by atoms with Crippen molar-refractivity contribution in [2.75, 3.05) is 16.4 Å². The number of aromatic nitrogens is 3. The number of amides is 2. The summed E-state index contributed by atoms with van der Waals surface area (Å²) in [5, 5.41) is 14.8. The van der Waals surface area contributed by atoms with E-state index in [1.165, 1.54) is 11.8 Å². The summed E-state index contributed by atoms with van der Waals surface area (Å²) >= 11 is 1.28. The molecule has 0 radical (unpaired) electrons. The molecule has 166 valence electrons. The van der Waals surface area contributed by atoms with E-state index in [1.54, 1.807) is 10.6 Å². The highest BCUT2D eigenvalue weighted by Gasteiger charge is 2.17. The Hall–Kier alpha value is -3.39. The van der Waals surface area contributed by atoms with Crippen LogP contribution < -0.4 is 10.6 Å². The Balaban J connectivity index is 1.63.